The number of hydrogen-bond acceptors (Lipinski definition) is 4. The number of ether oxygens (including phenoxy) is 1. The van der Waals surface area contributed by atoms with Gasteiger partial charge in [-0.25, -0.2) is 0 Å². The van der Waals surface area contributed by atoms with E-state index in [1.807, 2.05) is 19.2 Å². The topological polar surface area (TPSA) is 51.4 Å². The average Bonchev–Trinajstić information content (AvgIpc) is 2.36. The van der Waals surface area contributed by atoms with Crippen LogP contribution in [-0.2, 0) is 0 Å². The van der Waals surface area contributed by atoms with Crippen LogP contribution in [-0.4, -0.2) is 24.7 Å². The highest BCUT2D eigenvalue weighted by Gasteiger charge is 2.11. The highest BCUT2D eigenvalue weighted by atomic mass is 16.5. The molecular formula is C13H23N3O. The summed E-state index contributed by atoms with van der Waals surface area (Å²) in [6, 6.07) is 4.23. The molecule has 0 aromatic carbocycles. The minimum Gasteiger partial charge on any atom is -0.476 e. The third-order valence-electron chi connectivity index (χ3n) is 2.93. The molecular weight excluding hydrogens is 214 g/mol. The third kappa shape index (κ3) is 3.51. The largest absolute Gasteiger partial charge is 0.476 e. The quantitative estimate of drug-likeness (QED) is 0.826. The maximum atomic E-state index is 5.83. The zero-order chi connectivity index (χ0) is 12.8. The van der Waals surface area contributed by atoms with E-state index in [1.165, 1.54) is 0 Å². The molecule has 0 radical (unpaired) electrons. The Morgan fingerprint density at radius 1 is 1.41 bits per heavy atom. The van der Waals surface area contributed by atoms with Gasteiger partial charge in [0.15, 0.2) is 0 Å². The maximum Gasteiger partial charge on any atom is 0.239 e. The van der Waals surface area contributed by atoms with Gasteiger partial charge in [-0.3, -0.25) is 0 Å². The minimum atomic E-state index is 0.449. The van der Waals surface area contributed by atoms with E-state index in [9.17, 15) is 0 Å². The molecule has 1 atom stereocenters. The van der Waals surface area contributed by atoms with Crippen molar-refractivity contribution in [3.63, 3.8) is 0 Å². The molecule has 1 heterocycles. The number of hydrogen-bond donors (Lipinski definition) is 1. The lowest BCUT2D eigenvalue weighted by atomic mass is 10.2. The second kappa shape index (κ2) is 6.33. The number of rotatable bonds is 6. The molecule has 0 aliphatic heterocycles. The van der Waals surface area contributed by atoms with Gasteiger partial charge in [0.25, 0.3) is 0 Å². The van der Waals surface area contributed by atoms with Crippen LogP contribution < -0.4 is 15.4 Å². The molecule has 1 rings (SSSR count). The van der Waals surface area contributed by atoms with Crippen LogP contribution in [0.5, 0.6) is 5.88 Å². The van der Waals surface area contributed by atoms with Crippen molar-refractivity contribution in [2.24, 2.45) is 0 Å². The molecule has 0 spiro atoms. The Bertz CT molecular complexity index is 355. The second-order valence-corrected chi connectivity index (χ2v) is 4.28. The highest BCUT2D eigenvalue weighted by Crippen LogP contribution is 2.24. The molecule has 17 heavy (non-hydrogen) atoms. The van der Waals surface area contributed by atoms with Gasteiger partial charge in [0.1, 0.15) is 5.82 Å². The average molecular weight is 237 g/mol. The fourth-order valence-corrected chi connectivity index (χ4v) is 1.45. The fourth-order valence-electron chi connectivity index (χ4n) is 1.45. The van der Waals surface area contributed by atoms with Crippen LogP contribution in [0.15, 0.2) is 12.1 Å². The van der Waals surface area contributed by atoms with Gasteiger partial charge < -0.3 is 15.4 Å². The van der Waals surface area contributed by atoms with Gasteiger partial charge in [0.2, 0.25) is 5.88 Å². The predicted molar refractivity (Wildman–Crippen MR) is 72.6 cm³/mol. The summed E-state index contributed by atoms with van der Waals surface area (Å²) in [5.74, 6) is 1.44. The molecule has 0 fully saturated rings. The first-order valence-corrected chi connectivity index (χ1v) is 6.22. The van der Waals surface area contributed by atoms with Crippen LogP contribution in [0.3, 0.4) is 0 Å². The van der Waals surface area contributed by atoms with Crippen molar-refractivity contribution in [3.8, 4) is 5.88 Å². The molecule has 1 aromatic heterocycles. The minimum absolute atomic E-state index is 0.449. The Hall–Kier alpha value is -1.45. The summed E-state index contributed by atoms with van der Waals surface area (Å²) in [6.07, 6.45) is 2.03. The van der Waals surface area contributed by atoms with Gasteiger partial charge in [0, 0.05) is 13.1 Å². The smallest absolute Gasteiger partial charge is 0.239 e. The molecule has 1 unspecified atom stereocenters. The zero-order valence-electron chi connectivity index (χ0n) is 11.2. The summed E-state index contributed by atoms with van der Waals surface area (Å²) in [6.45, 7) is 7.04. The predicted octanol–water partition coefficient (Wildman–Crippen LogP) is 2.69. The number of pyridine rings is 1. The van der Waals surface area contributed by atoms with E-state index in [2.05, 4.69) is 30.7 Å². The van der Waals surface area contributed by atoms with Crippen LogP contribution in [0.4, 0.5) is 11.5 Å². The van der Waals surface area contributed by atoms with Crippen molar-refractivity contribution in [3.05, 3.63) is 12.1 Å². The molecule has 0 saturated carbocycles. The molecule has 0 aliphatic carbocycles. The first-order chi connectivity index (χ1) is 8.10. The van der Waals surface area contributed by atoms with E-state index in [0.29, 0.717) is 24.2 Å². The SMILES string of the molecule is CCCOc1nc(N(C)C(C)CC)ccc1N. The molecule has 96 valence electrons. The van der Waals surface area contributed by atoms with Crippen LogP contribution in [0.1, 0.15) is 33.6 Å². The highest BCUT2D eigenvalue weighted by molar-refractivity contribution is 5.54. The van der Waals surface area contributed by atoms with Crippen LogP contribution >= 0.6 is 0 Å². The van der Waals surface area contributed by atoms with E-state index in [0.717, 1.165) is 18.7 Å². The Balaban J connectivity index is 2.87. The Morgan fingerprint density at radius 2 is 2.12 bits per heavy atom. The van der Waals surface area contributed by atoms with Crippen molar-refractivity contribution < 1.29 is 4.74 Å². The van der Waals surface area contributed by atoms with Crippen molar-refractivity contribution >= 4 is 11.5 Å². The number of nitrogens with two attached hydrogens (primary N) is 1. The first kappa shape index (κ1) is 13.6. The number of nitrogen functional groups attached to an aromatic ring is 1. The van der Waals surface area contributed by atoms with Crippen LogP contribution in [0.2, 0.25) is 0 Å². The number of nitrogens with zero attached hydrogens (tertiary/aromatic N) is 2. The van der Waals surface area contributed by atoms with Crippen LogP contribution in [0.25, 0.3) is 0 Å². The van der Waals surface area contributed by atoms with E-state index >= 15 is 0 Å². The summed E-state index contributed by atoms with van der Waals surface area (Å²) >= 11 is 0. The lowest BCUT2D eigenvalue weighted by Crippen LogP contribution is -2.28. The second-order valence-electron chi connectivity index (χ2n) is 4.28. The van der Waals surface area contributed by atoms with Gasteiger partial charge in [-0.15, -0.1) is 0 Å². The van der Waals surface area contributed by atoms with E-state index < -0.39 is 0 Å². The van der Waals surface area contributed by atoms with Crippen molar-refractivity contribution in [1.82, 2.24) is 4.98 Å². The lowest BCUT2D eigenvalue weighted by Gasteiger charge is -2.25. The summed E-state index contributed by atoms with van der Waals surface area (Å²) < 4.78 is 5.53. The zero-order valence-corrected chi connectivity index (χ0v) is 11.2. The van der Waals surface area contributed by atoms with E-state index in [1.54, 1.807) is 0 Å². The van der Waals surface area contributed by atoms with Gasteiger partial charge in [-0.2, -0.15) is 4.98 Å². The Morgan fingerprint density at radius 3 is 2.71 bits per heavy atom. The van der Waals surface area contributed by atoms with Crippen molar-refractivity contribution in [2.75, 3.05) is 24.3 Å². The molecule has 4 nitrogen and oxygen atoms in total. The Labute approximate surface area is 104 Å². The Kier molecular flexibility index (Phi) is 5.07. The van der Waals surface area contributed by atoms with Crippen molar-refractivity contribution in [1.29, 1.82) is 0 Å². The fraction of sp³-hybridized carbons (Fsp3) is 0.615. The van der Waals surface area contributed by atoms with Gasteiger partial charge in [-0.1, -0.05) is 13.8 Å². The molecule has 2 N–H and O–H groups in total. The molecule has 0 saturated heterocycles. The molecule has 0 amide bonds. The number of aromatic nitrogens is 1. The summed E-state index contributed by atoms with van der Waals surface area (Å²) in [5.41, 5.74) is 6.43. The van der Waals surface area contributed by atoms with Gasteiger partial charge >= 0.3 is 0 Å². The van der Waals surface area contributed by atoms with E-state index in [-0.39, 0.29) is 0 Å². The standard InChI is InChI=1S/C13H23N3O/c1-5-9-17-13-11(14)7-8-12(15-13)16(4)10(3)6-2/h7-8,10H,5-6,9,14H2,1-4H3. The third-order valence-corrected chi connectivity index (χ3v) is 2.93. The molecule has 1 aromatic rings. The van der Waals surface area contributed by atoms with Gasteiger partial charge in [0.05, 0.1) is 12.3 Å². The van der Waals surface area contributed by atoms with E-state index in [4.69, 9.17) is 10.5 Å². The van der Waals surface area contributed by atoms with Gasteiger partial charge in [-0.05, 0) is 31.9 Å². The normalized spacial score (nSPS) is 12.2. The first-order valence-electron chi connectivity index (χ1n) is 6.22. The number of anilines is 2. The van der Waals surface area contributed by atoms with Crippen LogP contribution in [0, 0.1) is 0 Å². The lowest BCUT2D eigenvalue weighted by molar-refractivity contribution is 0.307. The summed E-state index contributed by atoms with van der Waals surface area (Å²) in [7, 11) is 2.04. The summed E-state index contributed by atoms with van der Waals surface area (Å²) in [5, 5.41) is 0. The molecule has 0 aliphatic rings. The molecule has 4 heteroatoms. The molecule has 0 bridgehead atoms. The summed E-state index contributed by atoms with van der Waals surface area (Å²) in [4.78, 5) is 6.59. The maximum absolute atomic E-state index is 5.83. The monoisotopic (exact) mass is 237 g/mol. The van der Waals surface area contributed by atoms with Crippen molar-refractivity contribution in [2.45, 2.75) is 39.7 Å².